The molecule has 3 nitrogen and oxygen atoms in total. The fourth-order valence-corrected chi connectivity index (χ4v) is 5.10. The van der Waals surface area contributed by atoms with Crippen LogP contribution in [0.1, 0.15) is 43.2 Å². The summed E-state index contributed by atoms with van der Waals surface area (Å²) in [5, 5.41) is 0.702. The van der Waals surface area contributed by atoms with E-state index in [1.807, 2.05) is 43.3 Å². The minimum atomic E-state index is -0.224. The van der Waals surface area contributed by atoms with Crippen molar-refractivity contribution in [2.45, 2.75) is 50.7 Å². The van der Waals surface area contributed by atoms with Gasteiger partial charge in [-0.2, -0.15) is 0 Å². The monoisotopic (exact) mass is 401 g/mol. The maximum absolute atomic E-state index is 13.3. The molecular formula is C23H25ClFNO2. The lowest BCUT2D eigenvalue weighted by molar-refractivity contribution is -0.153. The van der Waals surface area contributed by atoms with E-state index in [9.17, 15) is 9.18 Å². The van der Waals surface area contributed by atoms with Crippen LogP contribution in [0.3, 0.4) is 0 Å². The third kappa shape index (κ3) is 3.81. The topological polar surface area (TPSA) is 29.5 Å². The summed E-state index contributed by atoms with van der Waals surface area (Å²) in [6.07, 6.45) is 2.98. The predicted molar refractivity (Wildman–Crippen MR) is 108 cm³/mol. The van der Waals surface area contributed by atoms with Gasteiger partial charge in [-0.15, -0.1) is 0 Å². The number of halogens is 2. The molecule has 0 N–H and O–H groups in total. The van der Waals surface area contributed by atoms with Crippen molar-refractivity contribution >= 4 is 17.6 Å². The molecule has 0 saturated carbocycles. The van der Waals surface area contributed by atoms with E-state index < -0.39 is 0 Å². The Morgan fingerprint density at radius 2 is 1.86 bits per heavy atom. The average molecular weight is 402 g/mol. The Bertz CT molecular complexity index is 824. The molecule has 0 spiro atoms. The molecule has 0 aliphatic carbocycles. The van der Waals surface area contributed by atoms with Crippen LogP contribution >= 0.6 is 11.6 Å². The van der Waals surface area contributed by atoms with Gasteiger partial charge in [0.05, 0.1) is 12.5 Å². The van der Waals surface area contributed by atoms with Gasteiger partial charge in [-0.05, 0) is 61.6 Å². The molecule has 4 atom stereocenters. The molecule has 2 fully saturated rings. The summed E-state index contributed by atoms with van der Waals surface area (Å²) in [6.45, 7) is 2.97. The first-order valence-corrected chi connectivity index (χ1v) is 10.4. The van der Waals surface area contributed by atoms with Crippen molar-refractivity contribution in [3.8, 4) is 0 Å². The number of fused-ring (bicyclic) bond motifs is 2. The van der Waals surface area contributed by atoms with Crippen molar-refractivity contribution in [2.75, 3.05) is 6.61 Å². The SMILES string of the molecule is CCOC(=O)[C@H]1[C@@H](c2ccc(Cl)cc2)C[C@@H]2CC[C@H]1N2Cc1ccc(F)cc1. The number of piperidine rings is 1. The number of esters is 1. The highest BCUT2D eigenvalue weighted by atomic mass is 35.5. The second-order valence-corrected chi connectivity index (χ2v) is 8.21. The highest BCUT2D eigenvalue weighted by molar-refractivity contribution is 6.30. The van der Waals surface area contributed by atoms with Crippen LogP contribution in [-0.4, -0.2) is 29.6 Å². The van der Waals surface area contributed by atoms with Gasteiger partial charge in [-0.25, -0.2) is 4.39 Å². The number of carbonyl (C=O) groups is 1. The van der Waals surface area contributed by atoms with Gasteiger partial charge in [-0.1, -0.05) is 35.9 Å². The standard InChI is InChI=1S/C23H25ClFNO2/c1-2-28-23(27)22-20(16-5-7-17(24)8-6-16)13-19-11-12-21(22)26(19)14-15-3-9-18(25)10-4-15/h3-10,19-22H,2,11-14H2,1H3/t19-,20+,21+,22-/m0/s1. The Morgan fingerprint density at radius 1 is 1.14 bits per heavy atom. The Kier molecular flexibility index (Phi) is 5.70. The Balaban J connectivity index is 1.62. The van der Waals surface area contributed by atoms with Crippen LogP contribution in [-0.2, 0) is 16.1 Å². The maximum atomic E-state index is 13.3. The second-order valence-electron chi connectivity index (χ2n) is 7.77. The van der Waals surface area contributed by atoms with E-state index in [1.54, 1.807) is 0 Å². The lowest BCUT2D eigenvalue weighted by atomic mass is 9.76. The molecule has 0 aromatic heterocycles. The fraction of sp³-hybridized carbons (Fsp3) is 0.435. The van der Waals surface area contributed by atoms with Gasteiger partial charge < -0.3 is 4.74 Å². The van der Waals surface area contributed by atoms with Crippen LogP contribution in [0.2, 0.25) is 5.02 Å². The number of ether oxygens (including phenoxy) is 1. The van der Waals surface area contributed by atoms with Gasteiger partial charge in [0.1, 0.15) is 5.82 Å². The van der Waals surface area contributed by atoms with Crippen LogP contribution in [0, 0.1) is 11.7 Å². The van der Waals surface area contributed by atoms with E-state index in [4.69, 9.17) is 16.3 Å². The molecule has 28 heavy (non-hydrogen) atoms. The molecule has 5 heteroatoms. The van der Waals surface area contributed by atoms with Crippen molar-refractivity contribution in [1.29, 1.82) is 0 Å². The zero-order valence-electron chi connectivity index (χ0n) is 16.0. The highest BCUT2D eigenvalue weighted by Crippen LogP contribution is 2.48. The molecule has 0 unspecified atom stereocenters. The summed E-state index contributed by atoms with van der Waals surface area (Å²) in [4.78, 5) is 15.4. The van der Waals surface area contributed by atoms with E-state index >= 15 is 0 Å². The van der Waals surface area contributed by atoms with Gasteiger partial charge in [0.2, 0.25) is 0 Å². The molecule has 2 bridgehead atoms. The summed E-state index contributed by atoms with van der Waals surface area (Å²) in [5.41, 5.74) is 2.23. The Hall–Kier alpha value is -1.91. The molecule has 2 aliphatic rings. The summed E-state index contributed by atoms with van der Waals surface area (Å²) in [6, 6.07) is 15.1. The predicted octanol–water partition coefficient (Wildman–Crippen LogP) is 5.18. The molecule has 2 heterocycles. The van der Waals surface area contributed by atoms with Gasteiger partial charge in [-0.3, -0.25) is 9.69 Å². The smallest absolute Gasteiger partial charge is 0.311 e. The molecule has 0 amide bonds. The highest BCUT2D eigenvalue weighted by Gasteiger charge is 2.50. The number of benzene rings is 2. The van der Waals surface area contributed by atoms with E-state index in [1.165, 1.54) is 12.1 Å². The third-order valence-electron chi connectivity index (χ3n) is 6.20. The van der Waals surface area contributed by atoms with E-state index in [0.717, 1.165) is 36.9 Å². The summed E-state index contributed by atoms with van der Waals surface area (Å²) < 4.78 is 18.7. The van der Waals surface area contributed by atoms with Crippen molar-refractivity contribution < 1.29 is 13.9 Å². The van der Waals surface area contributed by atoms with Crippen molar-refractivity contribution in [1.82, 2.24) is 4.90 Å². The minimum Gasteiger partial charge on any atom is -0.466 e. The molecule has 148 valence electrons. The molecule has 2 aromatic carbocycles. The van der Waals surface area contributed by atoms with Gasteiger partial charge in [0.15, 0.2) is 0 Å². The lowest BCUT2D eigenvalue weighted by Crippen LogP contribution is -2.50. The van der Waals surface area contributed by atoms with E-state index in [2.05, 4.69) is 4.90 Å². The van der Waals surface area contributed by atoms with Crippen LogP contribution in [0.15, 0.2) is 48.5 Å². The number of nitrogens with zero attached hydrogens (tertiary/aromatic N) is 1. The van der Waals surface area contributed by atoms with Gasteiger partial charge in [0, 0.05) is 29.6 Å². The van der Waals surface area contributed by atoms with E-state index in [0.29, 0.717) is 17.7 Å². The number of carbonyl (C=O) groups excluding carboxylic acids is 1. The zero-order chi connectivity index (χ0) is 19.7. The average Bonchev–Trinajstić information content (AvgIpc) is 2.95. The molecule has 2 aliphatic heterocycles. The lowest BCUT2D eigenvalue weighted by Gasteiger charge is -2.44. The zero-order valence-corrected chi connectivity index (χ0v) is 16.7. The van der Waals surface area contributed by atoms with Crippen LogP contribution < -0.4 is 0 Å². The maximum Gasteiger partial charge on any atom is 0.311 e. The van der Waals surface area contributed by atoms with Gasteiger partial charge in [0.25, 0.3) is 0 Å². The summed E-state index contributed by atoms with van der Waals surface area (Å²) >= 11 is 6.07. The summed E-state index contributed by atoms with van der Waals surface area (Å²) in [5.74, 6) is -0.395. The molecule has 4 rings (SSSR count). The Morgan fingerprint density at radius 3 is 2.54 bits per heavy atom. The largest absolute Gasteiger partial charge is 0.466 e. The number of rotatable bonds is 5. The van der Waals surface area contributed by atoms with Crippen LogP contribution in [0.4, 0.5) is 4.39 Å². The minimum absolute atomic E-state index is 0.114. The number of hydrogen-bond acceptors (Lipinski definition) is 3. The first-order chi connectivity index (χ1) is 13.6. The second kappa shape index (κ2) is 8.22. The fourth-order valence-electron chi connectivity index (χ4n) is 4.97. The molecule has 0 radical (unpaired) electrons. The van der Waals surface area contributed by atoms with Crippen LogP contribution in [0.25, 0.3) is 0 Å². The number of hydrogen-bond donors (Lipinski definition) is 0. The van der Waals surface area contributed by atoms with Gasteiger partial charge >= 0.3 is 5.97 Å². The molecule has 2 saturated heterocycles. The van der Waals surface area contributed by atoms with Crippen LogP contribution in [0.5, 0.6) is 0 Å². The summed E-state index contributed by atoms with van der Waals surface area (Å²) in [7, 11) is 0. The quantitative estimate of drug-likeness (QED) is 0.646. The van der Waals surface area contributed by atoms with Crippen molar-refractivity contribution in [3.63, 3.8) is 0 Å². The van der Waals surface area contributed by atoms with Crippen molar-refractivity contribution in [3.05, 3.63) is 70.5 Å². The van der Waals surface area contributed by atoms with E-state index in [-0.39, 0.29) is 29.7 Å². The third-order valence-corrected chi connectivity index (χ3v) is 6.45. The first kappa shape index (κ1) is 19.4. The van der Waals surface area contributed by atoms with Crippen molar-refractivity contribution in [2.24, 2.45) is 5.92 Å². The first-order valence-electron chi connectivity index (χ1n) is 9.99. The Labute approximate surface area is 170 Å². The molecular weight excluding hydrogens is 377 g/mol. The molecule has 2 aromatic rings. The normalized spacial score (nSPS) is 27.0.